The summed E-state index contributed by atoms with van der Waals surface area (Å²) in [5, 5.41) is 13.6. The van der Waals surface area contributed by atoms with E-state index in [9.17, 15) is 5.11 Å². The second-order valence-electron chi connectivity index (χ2n) is 5.65. The van der Waals surface area contributed by atoms with Gasteiger partial charge in [0.25, 0.3) is 0 Å². The summed E-state index contributed by atoms with van der Waals surface area (Å²) in [6, 6.07) is 14.2. The molecule has 1 aliphatic rings. The SMILES string of the molecule is COc1ccc(C(C)NCC2Cc3ccccc32)c(O)c1. The maximum atomic E-state index is 10.1. The van der Waals surface area contributed by atoms with Crippen LogP contribution in [0.5, 0.6) is 11.5 Å². The molecule has 2 unspecified atom stereocenters. The third-order valence-electron chi connectivity index (χ3n) is 4.34. The molecule has 2 N–H and O–H groups in total. The summed E-state index contributed by atoms with van der Waals surface area (Å²) in [4.78, 5) is 0. The highest BCUT2D eigenvalue weighted by Gasteiger charge is 2.25. The first-order chi connectivity index (χ1) is 10.2. The molecule has 1 aliphatic carbocycles. The number of hydrogen-bond acceptors (Lipinski definition) is 3. The Labute approximate surface area is 125 Å². The Morgan fingerprint density at radius 1 is 1.29 bits per heavy atom. The molecule has 2 aromatic carbocycles. The lowest BCUT2D eigenvalue weighted by molar-refractivity contribution is 0.402. The molecule has 0 aliphatic heterocycles. The van der Waals surface area contributed by atoms with Crippen molar-refractivity contribution in [3.05, 3.63) is 59.2 Å². The van der Waals surface area contributed by atoms with Gasteiger partial charge in [0, 0.05) is 30.1 Å². The summed E-state index contributed by atoms with van der Waals surface area (Å²) >= 11 is 0. The van der Waals surface area contributed by atoms with E-state index in [2.05, 4.69) is 36.5 Å². The molecule has 0 aromatic heterocycles. The minimum absolute atomic E-state index is 0.115. The van der Waals surface area contributed by atoms with E-state index in [0.29, 0.717) is 11.7 Å². The zero-order valence-electron chi connectivity index (χ0n) is 12.5. The molecule has 0 radical (unpaired) electrons. The number of fused-ring (bicyclic) bond motifs is 1. The van der Waals surface area contributed by atoms with Crippen LogP contribution >= 0.6 is 0 Å². The normalized spacial score (nSPS) is 17.7. The highest BCUT2D eigenvalue weighted by molar-refractivity contribution is 5.42. The first-order valence-electron chi connectivity index (χ1n) is 7.37. The van der Waals surface area contributed by atoms with Crippen LogP contribution in [-0.4, -0.2) is 18.8 Å². The van der Waals surface area contributed by atoms with Crippen LogP contribution in [0.4, 0.5) is 0 Å². The van der Waals surface area contributed by atoms with Crippen LogP contribution in [-0.2, 0) is 6.42 Å². The van der Waals surface area contributed by atoms with Gasteiger partial charge in [-0.1, -0.05) is 30.3 Å². The predicted octanol–water partition coefficient (Wildman–Crippen LogP) is 3.39. The standard InChI is InChI=1S/C18H21NO2/c1-12(16-8-7-15(21-2)10-18(16)20)19-11-14-9-13-5-3-4-6-17(13)14/h3-8,10,12,14,19-20H,9,11H2,1-2H3. The van der Waals surface area contributed by atoms with E-state index >= 15 is 0 Å². The molecule has 0 saturated heterocycles. The predicted molar refractivity (Wildman–Crippen MR) is 84.0 cm³/mol. The lowest BCUT2D eigenvalue weighted by Crippen LogP contribution is -2.30. The number of aromatic hydroxyl groups is 1. The first kappa shape index (κ1) is 14.0. The largest absolute Gasteiger partial charge is 0.507 e. The second-order valence-corrected chi connectivity index (χ2v) is 5.65. The summed E-state index contributed by atoms with van der Waals surface area (Å²) in [7, 11) is 1.60. The van der Waals surface area contributed by atoms with Crippen molar-refractivity contribution in [2.45, 2.75) is 25.3 Å². The number of rotatable bonds is 5. The Hall–Kier alpha value is -2.00. The van der Waals surface area contributed by atoms with Crippen molar-refractivity contribution in [2.24, 2.45) is 0 Å². The molecule has 0 spiro atoms. The molecule has 0 bridgehead atoms. The van der Waals surface area contributed by atoms with Gasteiger partial charge in [-0.25, -0.2) is 0 Å². The molecule has 110 valence electrons. The van der Waals surface area contributed by atoms with E-state index in [1.807, 2.05) is 12.1 Å². The van der Waals surface area contributed by atoms with E-state index in [-0.39, 0.29) is 11.8 Å². The highest BCUT2D eigenvalue weighted by atomic mass is 16.5. The van der Waals surface area contributed by atoms with Gasteiger partial charge in [-0.3, -0.25) is 0 Å². The molecule has 2 aromatic rings. The van der Waals surface area contributed by atoms with E-state index in [1.165, 1.54) is 11.1 Å². The third kappa shape index (κ3) is 2.74. The van der Waals surface area contributed by atoms with Crippen LogP contribution in [0.1, 0.15) is 35.6 Å². The minimum Gasteiger partial charge on any atom is -0.507 e. The molecule has 0 fully saturated rings. The Balaban J connectivity index is 1.61. The minimum atomic E-state index is 0.115. The smallest absolute Gasteiger partial charge is 0.124 e. The van der Waals surface area contributed by atoms with Gasteiger partial charge < -0.3 is 15.2 Å². The topological polar surface area (TPSA) is 41.5 Å². The van der Waals surface area contributed by atoms with Crippen molar-refractivity contribution in [2.75, 3.05) is 13.7 Å². The average molecular weight is 283 g/mol. The van der Waals surface area contributed by atoms with E-state index in [0.717, 1.165) is 18.5 Å². The summed E-state index contributed by atoms with van der Waals surface area (Å²) in [5.41, 5.74) is 3.82. The number of phenols is 1. The number of ether oxygens (including phenoxy) is 1. The van der Waals surface area contributed by atoms with Crippen LogP contribution in [0.25, 0.3) is 0 Å². The van der Waals surface area contributed by atoms with Crippen LogP contribution in [0.3, 0.4) is 0 Å². The number of nitrogens with one attached hydrogen (secondary N) is 1. The Morgan fingerprint density at radius 3 is 2.81 bits per heavy atom. The highest BCUT2D eigenvalue weighted by Crippen LogP contribution is 2.35. The van der Waals surface area contributed by atoms with Crippen LogP contribution in [0.15, 0.2) is 42.5 Å². The van der Waals surface area contributed by atoms with Crippen molar-refractivity contribution < 1.29 is 9.84 Å². The summed E-state index contributed by atoms with van der Waals surface area (Å²) in [6.45, 7) is 3.01. The first-order valence-corrected chi connectivity index (χ1v) is 7.37. The molecule has 3 nitrogen and oxygen atoms in total. The van der Waals surface area contributed by atoms with Crippen molar-refractivity contribution in [3.63, 3.8) is 0 Å². The van der Waals surface area contributed by atoms with Gasteiger partial charge in [0.05, 0.1) is 7.11 Å². The fourth-order valence-corrected chi connectivity index (χ4v) is 2.99. The molecule has 3 heteroatoms. The molecule has 2 atom stereocenters. The lowest BCUT2D eigenvalue weighted by Gasteiger charge is -2.31. The van der Waals surface area contributed by atoms with Crippen molar-refractivity contribution in [1.82, 2.24) is 5.32 Å². The van der Waals surface area contributed by atoms with Gasteiger partial charge >= 0.3 is 0 Å². The monoisotopic (exact) mass is 283 g/mol. The van der Waals surface area contributed by atoms with Gasteiger partial charge in [-0.2, -0.15) is 0 Å². The molecule has 21 heavy (non-hydrogen) atoms. The molecular formula is C18H21NO2. The second kappa shape index (κ2) is 5.78. The summed E-state index contributed by atoms with van der Waals surface area (Å²) in [6.07, 6.45) is 1.14. The zero-order valence-corrected chi connectivity index (χ0v) is 12.5. The van der Waals surface area contributed by atoms with Gasteiger partial charge in [0.1, 0.15) is 11.5 Å². The summed E-state index contributed by atoms with van der Waals surface area (Å²) < 4.78 is 5.11. The molecule has 3 rings (SSSR count). The Bertz CT molecular complexity index is 639. The van der Waals surface area contributed by atoms with Crippen molar-refractivity contribution in [3.8, 4) is 11.5 Å². The third-order valence-corrected chi connectivity index (χ3v) is 4.34. The average Bonchev–Trinajstić information content (AvgIpc) is 2.47. The van der Waals surface area contributed by atoms with E-state index in [4.69, 9.17) is 4.74 Å². The maximum absolute atomic E-state index is 10.1. The van der Waals surface area contributed by atoms with Crippen LogP contribution < -0.4 is 10.1 Å². The number of methoxy groups -OCH3 is 1. The van der Waals surface area contributed by atoms with E-state index < -0.39 is 0 Å². The van der Waals surface area contributed by atoms with Crippen LogP contribution in [0, 0.1) is 0 Å². The summed E-state index contributed by atoms with van der Waals surface area (Å²) in [5.74, 6) is 1.55. The molecule has 0 heterocycles. The van der Waals surface area contributed by atoms with Gasteiger partial charge in [0.15, 0.2) is 0 Å². The zero-order chi connectivity index (χ0) is 14.8. The number of hydrogen-bond donors (Lipinski definition) is 2. The van der Waals surface area contributed by atoms with Crippen molar-refractivity contribution in [1.29, 1.82) is 0 Å². The van der Waals surface area contributed by atoms with Gasteiger partial charge in [-0.05, 0) is 30.5 Å². The van der Waals surface area contributed by atoms with Crippen molar-refractivity contribution >= 4 is 0 Å². The van der Waals surface area contributed by atoms with E-state index in [1.54, 1.807) is 13.2 Å². The number of phenolic OH excluding ortho intramolecular Hbond substituents is 1. The Kier molecular flexibility index (Phi) is 3.84. The maximum Gasteiger partial charge on any atom is 0.124 e. The Morgan fingerprint density at radius 2 is 2.10 bits per heavy atom. The molecule has 0 saturated carbocycles. The lowest BCUT2D eigenvalue weighted by atomic mass is 9.77. The number of benzene rings is 2. The van der Waals surface area contributed by atoms with Gasteiger partial charge in [-0.15, -0.1) is 0 Å². The quantitative estimate of drug-likeness (QED) is 0.883. The fraction of sp³-hybridized carbons (Fsp3) is 0.333. The van der Waals surface area contributed by atoms with Crippen LogP contribution in [0.2, 0.25) is 0 Å². The molecule has 0 amide bonds. The molecular weight excluding hydrogens is 262 g/mol. The fourth-order valence-electron chi connectivity index (χ4n) is 2.99. The van der Waals surface area contributed by atoms with Gasteiger partial charge in [0.2, 0.25) is 0 Å².